The highest BCUT2D eigenvalue weighted by molar-refractivity contribution is 14.1. The second-order valence-corrected chi connectivity index (χ2v) is 7.51. The fraction of sp³-hybridized carbons (Fsp3) is 0.938. The Kier molecular flexibility index (Phi) is 8.42. The van der Waals surface area contributed by atoms with Gasteiger partial charge in [-0.1, -0.05) is 29.5 Å². The maximum atomic E-state index is 12.1. The first-order valence-electron chi connectivity index (χ1n) is 8.07. The number of rotatable bonds is 7. The van der Waals surface area contributed by atoms with Crippen molar-refractivity contribution in [1.29, 1.82) is 0 Å². The number of likely N-dealkylation sites (tertiary alicyclic amines) is 1. The summed E-state index contributed by atoms with van der Waals surface area (Å²) in [7, 11) is 0. The van der Waals surface area contributed by atoms with Gasteiger partial charge >= 0.3 is 6.09 Å². The molecule has 1 fully saturated rings. The molecule has 0 aromatic rings. The minimum Gasteiger partial charge on any atom is -0.444 e. The first-order chi connectivity index (χ1) is 10.3. The van der Waals surface area contributed by atoms with Crippen molar-refractivity contribution < 1.29 is 19.0 Å². The Morgan fingerprint density at radius 1 is 1.18 bits per heavy atom. The maximum absolute atomic E-state index is 12.1. The molecule has 1 saturated heterocycles. The quantitative estimate of drug-likeness (QED) is 0.354. The molecule has 0 unspecified atom stereocenters. The Hall–Kier alpha value is -0.0800. The van der Waals surface area contributed by atoms with Gasteiger partial charge in [-0.3, -0.25) is 0 Å². The summed E-state index contributed by atoms with van der Waals surface area (Å²) in [5.74, 6) is 0. The van der Waals surface area contributed by atoms with E-state index in [0.29, 0.717) is 26.3 Å². The number of hydrogen-bond donors (Lipinski definition) is 0. The molecule has 0 aromatic heterocycles. The summed E-state index contributed by atoms with van der Waals surface area (Å²) >= 11 is 2.37. The van der Waals surface area contributed by atoms with Gasteiger partial charge in [0.25, 0.3) is 0 Å². The average Bonchev–Trinajstić information content (AvgIpc) is 2.46. The zero-order chi connectivity index (χ0) is 16.6. The second-order valence-electron chi connectivity index (χ2n) is 6.74. The molecular formula is C16H30INO4. The zero-order valence-corrected chi connectivity index (χ0v) is 16.5. The molecule has 6 heteroatoms. The number of nitrogens with zero attached hydrogens (tertiary/aromatic N) is 1. The molecule has 1 aliphatic rings. The summed E-state index contributed by atoms with van der Waals surface area (Å²) in [6.07, 6.45) is 2.51. The molecule has 130 valence electrons. The van der Waals surface area contributed by atoms with E-state index in [-0.39, 0.29) is 11.7 Å². The summed E-state index contributed by atoms with van der Waals surface area (Å²) in [5.41, 5.74) is -0.573. The fourth-order valence-electron chi connectivity index (χ4n) is 2.30. The first-order valence-corrected chi connectivity index (χ1v) is 9.60. The molecule has 0 atom stereocenters. The van der Waals surface area contributed by atoms with E-state index in [1.54, 1.807) is 4.90 Å². The lowest BCUT2D eigenvalue weighted by atomic mass is 9.93. The number of hydrogen-bond acceptors (Lipinski definition) is 4. The van der Waals surface area contributed by atoms with Crippen LogP contribution >= 0.6 is 22.6 Å². The lowest BCUT2D eigenvalue weighted by molar-refractivity contribution is -0.0831. The number of amides is 1. The van der Waals surface area contributed by atoms with Crippen LogP contribution < -0.4 is 0 Å². The molecule has 0 radical (unpaired) electrons. The highest BCUT2D eigenvalue weighted by Crippen LogP contribution is 2.29. The minimum atomic E-state index is -0.442. The molecule has 0 aliphatic carbocycles. The summed E-state index contributed by atoms with van der Waals surface area (Å²) in [6, 6.07) is 0. The number of ether oxygens (including phenoxy) is 3. The number of carbonyl (C=O) groups excluding carboxylic acids is 1. The van der Waals surface area contributed by atoms with Gasteiger partial charge in [-0.25, -0.2) is 4.79 Å². The van der Waals surface area contributed by atoms with Crippen LogP contribution in [-0.2, 0) is 14.2 Å². The van der Waals surface area contributed by atoms with E-state index >= 15 is 0 Å². The molecule has 0 bridgehead atoms. The lowest BCUT2D eigenvalue weighted by Crippen LogP contribution is -2.50. The predicted octanol–water partition coefficient (Wildman–Crippen LogP) is 3.63. The molecule has 5 nitrogen and oxygen atoms in total. The number of carbonyl (C=O) groups is 1. The molecule has 0 spiro atoms. The molecular weight excluding hydrogens is 397 g/mol. The van der Waals surface area contributed by atoms with E-state index in [1.807, 2.05) is 20.8 Å². The molecule has 1 rings (SSSR count). The molecule has 1 heterocycles. The van der Waals surface area contributed by atoms with Crippen molar-refractivity contribution in [1.82, 2.24) is 4.90 Å². The van der Waals surface area contributed by atoms with Crippen LogP contribution in [0.15, 0.2) is 0 Å². The van der Waals surface area contributed by atoms with Crippen LogP contribution in [0.1, 0.15) is 47.0 Å². The van der Waals surface area contributed by atoms with Crippen LogP contribution in [0.3, 0.4) is 0 Å². The van der Waals surface area contributed by atoms with Gasteiger partial charge in [-0.2, -0.15) is 0 Å². The molecule has 0 N–H and O–H groups in total. The van der Waals surface area contributed by atoms with Crippen LogP contribution in [-0.4, -0.2) is 59.5 Å². The van der Waals surface area contributed by atoms with E-state index < -0.39 is 5.60 Å². The maximum Gasteiger partial charge on any atom is 0.410 e. The zero-order valence-electron chi connectivity index (χ0n) is 14.3. The van der Waals surface area contributed by atoms with Crippen LogP contribution in [0.5, 0.6) is 0 Å². The van der Waals surface area contributed by atoms with Crippen LogP contribution in [0.2, 0.25) is 0 Å². The van der Waals surface area contributed by atoms with Crippen molar-refractivity contribution in [2.45, 2.75) is 58.2 Å². The highest BCUT2D eigenvalue weighted by Gasteiger charge is 2.37. The van der Waals surface area contributed by atoms with Gasteiger partial charge in [0.15, 0.2) is 0 Å². The normalized spacial score (nSPS) is 18.3. The monoisotopic (exact) mass is 427 g/mol. The minimum absolute atomic E-state index is 0.130. The van der Waals surface area contributed by atoms with E-state index in [0.717, 1.165) is 30.3 Å². The largest absolute Gasteiger partial charge is 0.444 e. The Labute approximate surface area is 148 Å². The van der Waals surface area contributed by atoms with Crippen molar-refractivity contribution in [2.24, 2.45) is 0 Å². The first kappa shape index (κ1) is 20.0. The Morgan fingerprint density at radius 2 is 1.82 bits per heavy atom. The Bertz CT molecular complexity index is 336. The average molecular weight is 427 g/mol. The third-order valence-electron chi connectivity index (χ3n) is 3.55. The SMILES string of the molecule is CCCOCCOC1(CI)CCN(C(=O)OC(C)(C)C)CC1. The van der Waals surface area contributed by atoms with Gasteiger partial charge in [0, 0.05) is 24.1 Å². The Balaban J connectivity index is 2.38. The van der Waals surface area contributed by atoms with Gasteiger partial charge in [0.1, 0.15) is 5.60 Å². The third-order valence-corrected chi connectivity index (χ3v) is 4.94. The second kappa shape index (κ2) is 9.27. The molecule has 22 heavy (non-hydrogen) atoms. The van der Waals surface area contributed by atoms with E-state index in [9.17, 15) is 4.79 Å². The van der Waals surface area contributed by atoms with Crippen molar-refractivity contribution in [2.75, 3.05) is 37.3 Å². The lowest BCUT2D eigenvalue weighted by Gasteiger charge is -2.40. The summed E-state index contributed by atoms with van der Waals surface area (Å²) < 4.78 is 17.9. The highest BCUT2D eigenvalue weighted by atomic mass is 127. The summed E-state index contributed by atoms with van der Waals surface area (Å²) in [6.45, 7) is 11.2. The van der Waals surface area contributed by atoms with Crippen molar-refractivity contribution in [3.8, 4) is 0 Å². The predicted molar refractivity (Wildman–Crippen MR) is 95.7 cm³/mol. The van der Waals surface area contributed by atoms with Crippen LogP contribution in [0.25, 0.3) is 0 Å². The van der Waals surface area contributed by atoms with Crippen molar-refractivity contribution in [3.63, 3.8) is 0 Å². The van der Waals surface area contributed by atoms with Crippen molar-refractivity contribution in [3.05, 3.63) is 0 Å². The molecule has 1 amide bonds. The summed E-state index contributed by atoms with van der Waals surface area (Å²) in [4.78, 5) is 13.9. The van der Waals surface area contributed by atoms with E-state index in [2.05, 4.69) is 29.5 Å². The number of alkyl halides is 1. The third kappa shape index (κ3) is 7.00. The standard InChI is InChI=1S/C16H30INO4/c1-5-10-20-11-12-21-16(13-17)6-8-18(9-7-16)14(19)22-15(2,3)4/h5-13H2,1-4H3. The topological polar surface area (TPSA) is 48.0 Å². The number of halogens is 1. The van der Waals surface area contributed by atoms with E-state index in [1.165, 1.54) is 0 Å². The van der Waals surface area contributed by atoms with Gasteiger partial charge in [-0.15, -0.1) is 0 Å². The number of piperidine rings is 1. The Morgan fingerprint density at radius 3 is 2.32 bits per heavy atom. The van der Waals surface area contributed by atoms with Gasteiger partial charge in [-0.05, 0) is 40.0 Å². The van der Waals surface area contributed by atoms with Crippen molar-refractivity contribution >= 4 is 28.7 Å². The summed E-state index contributed by atoms with van der Waals surface area (Å²) in [5, 5.41) is 0. The van der Waals surface area contributed by atoms with Crippen LogP contribution in [0.4, 0.5) is 4.79 Å². The van der Waals surface area contributed by atoms with Gasteiger partial charge in [0.05, 0.1) is 18.8 Å². The smallest absolute Gasteiger partial charge is 0.410 e. The van der Waals surface area contributed by atoms with E-state index in [4.69, 9.17) is 14.2 Å². The van der Waals surface area contributed by atoms with Crippen LogP contribution in [0, 0.1) is 0 Å². The molecule has 1 aliphatic heterocycles. The molecule has 0 aromatic carbocycles. The fourth-order valence-corrected chi connectivity index (χ4v) is 3.29. The van der Waals surface area contributed by atoms with Gasteiger partial charge < -0.3 is 19.1 Å². The van der Waals surface area contributed by atoms with Gasteiger partial charge in [0.2, 0.25) is 0 Å². The molecule has 0 saturated carbocycles.